The van der Waals surface area contributed by atoms with Crippen molar-refractivity contribution in [2.45, 2.75) is 13.1 Å². The summed E-state index contributed by atoms with van der Waals surface area (Å²) >= 11 is 5.96. The van der Waals surface area contributed by atoms with Crippen LogP contribution in [0.15, 0.2) is 47.3 Å². The van der Waals surface area contributed by atoms with E-state index in [4.69, 9.17) is 21.2 Å². The Labute approximate surface area is 177 Å². The van der Waals surface area contributed by atoms with Gasteiger partial charge >= 0.3 is 12.1 Å². The Morgan fingerprint density at radius 3 is 2.68 bits per heavy atom. The molecule has 0 saturated carbocycles. The van der Waals surface area contributed by atoms with E-state index >= 15 is 0 Å². The summed E-state index contributed by atoms with van der Waals surface area (Å²) in [5.41, 5.74) is 1.47. The van der Waals surface area contributed by atoms with Crippen molar-refractivity contribution in [3.8, 4) is 23.0 Å². The van der Waals surface area contributed by atoms with Gasteiger partial charge in [-0.15, -0.1) is 0 Å². The van der Waals surface area contributed by atoms with Gasteiger partial charge in [0.15, 0.2) is 5.65 Å². The largest absolute Gasteiger partial charge is 0.478 e. The van der Waals surface area contributed by atoms with Gasteiger partial charge in [-0.25, -0.2) is 9.78 Å². The summed E-state index contributed by atoms with van der Waals surface area (Å²) in [5, 5.41) is 12.5. The molecule has 31 heavy (non-hydrogen) atoms. The van der Waals surface area contributed by atoms with Gasteiger partial charge in [0, 0.05) is 24.0 Å². The molecule has 3 heterocycles. The van der Waals surface area contributed by atoms with Gasteiger partial charge in [-0.1, -0.05) is 35.0 Å². The number of hydrogen-bond donors (Lipinski definition) is 1. The minimum Gasteiger partial charge on any atom is -0.478 e. The van der Waals surface area contributed by atoms with E-state index in [1.165, 1.54) is 12.3 Å². The minimum absolute atomic E-state index is 0.0116. The molecule has 1 aromatic carbocycles. The molecule has 0 aliphatic heterocycles. The van der Waals surface area contributed by atoms with E-state index in [-0.39, 0.29) is 28.1 Å². The summed E-state index contributed by atoms with van der Waals surface area (Å²) in [6.07, 6.45) is 0.127. The number of fused-ring (bicyclic) bond motifs is 1. The van der Waals surface area contributed by atoms with Gasteiger partial charge in [-0.3, -0.25) is 0 Å². The van der Waals surface area contributed by atoms with Crippen LogP contribution in [0.25, 0.3) is 34.7 Å². The SMILES string of the molecule is Cc1cc(C=CC(=O)O)ccc1-c1noc(-c2cn3cc(C(F)(F)F)cc(Cl)c3n2)n1. The van der Waals surface area contributed by atoms with Crippen LogP contribution in [0.1, 0.15) is 16.7 Å². The number of hydrogen-bond acceptors (Lipinski definition) is 5. The molecule has 0 radical (unpaired) electrons. The topological polar surface area (TPSA) is 93.5 Å². The lowest BCUT2D eigenvalue weighted by Gasteiger charge is -2.07. The van der Waals surface area contributed by atoms with Crippen molar-refractivity contribution in [2.24, 2.45) is 0 Å². The zero-order chi connectivity index (χ0) is 22.3. The number of pyridine rings is 1. The van der Waals surface area contributed by atoms with Crippen molar-refractivity contribution in [1.29, 1.82) is 0 Å². The monoisotopic (exact) mass is 448 g/mol. The summed E-state index contributed by atoms with van der Waals surface area (Å²) in [7, 11) is 0. The van der Waals surface area contributed by atoms with Crippen molar-refractivity contribution >= 4 is 29.3 Å². The predicted octanol–water partition coefficient (Wildman–Crippen LogP) is 5.13. The molecule has 4 aromatic rings. The standard InChI is InChI=1S/C20H12ClF3N4O3/c1-10-6-11(3-5-16(29)30)2-4-13(10)17-26-19(31-27-17)15-9-28-8-12(20(22,23)24)7-14(21)18(28)25-15/h2-9H,1H3,(H,29,30). The highest BCUT2D eigenvalue weighted by Crippen LogP contribution is 2.33. The van der Waals surface area contributed by atoms with Gasteiger partial charge < -0.3 is 14.0 Å². The third-order valence-corrected chi connectivity index (χ3v) is 4.67. The maximum atomic E-state index is 13.0. The molecule has 0 atom stereocenters. The molecule has 0 fully saturated rings. The molecule has 0 saturated heterocycles. The van der Waals surface area contributed by atoms with E-state index in [9.17, 15) is 18.0 Å². The second kappa shape index (κ2) is 7.55. The van der Waals surface area contributed by atoms with Gasteiger partial charge in [0.2, 0.25) is 5.82 Å². The van der Waals surface area contributed by atoms with Crippen molar-refractivity contribution in [2.75, 3.05) is 0 Å². The quantitative estimate of drug-likeness (QED) is 0.435. The highest BCUT2D eigenvalue weighted by atomic mass is 35.5. The third kappa shape index (κ3) is 4.15. The molecule has 4 rings (SSSR count). The average Bonchev–Trinajstić information content (AvgIpc) is 3.32. The third-order valence-electron chi connectivity index (χ3n) is 4.39. The summed E-state index contributed by atoms with van der Waals surface area (Å²) in [5.74, 6) is -0.794. The van der Waals surface area contributed by atoms with Crippen LogP contribution in [0.4, 0.5) is 13.2 Å². The number of imidazole rings is 1. The van der Waals surface area contributed by atoms with Crippen LogP contribution in [0, 0.1) is 6.92 Å². The first-order chi connectivity index (χ1) is 14.6. The first kappa shape index (κ1) is 20.6. The zero-order valence-corrected chi connectivity index (χ0v) is 16.4. The summed E-state index contributed by atoms with van der Waals surface area (Å²) in [6, 6.07) is 5.97. The molecule has 158 valence electrons. The van der Waals surface area contributed by atoms with E-state index < -0.39 is 17.7 Å². The molecule has 0 spiro atoms. The Hall–Kier alpha value is -3.66. The zero-order valence-electron chi connectivity index (χ0n) is 15.7. The fourth-order valence-corrected chi connectivity index (χ4v) is 3.22. The highest BCUT2D eigenvalue weighted by molar-refractivity contribution is 6.33. The van der Waals surface area contributed by atoms with Crippen molar-refractivity contribution in [1.82, 2.24) is 19.5 Å². The second-order valence-corrected chi connectivity index (χ2v) is 7.01. The molecule has 0 unspecified atom stereocenters. The molecule has 1 N–H and O–H groups in total. The lowest BCUT2D eigenvalue weighted by molar-refractivity contribution is -0.138. The summed E-state index contributed by atoms with van der Waals surface area (Å²) < 4.78 is 45.4. The number of aliphatic carboxylic acids is 1. The fraction of sp³-hybridized carbons (Fsp3) is 0.100. The van der Waals surface area contributed by atoms with Gasteiger partial charge in [-0.2, -0.15) is 18.2 Å². The number of carboxylic acids is 1. The van der Waals surface area contributed by atoms with Crippen LogP contribution < -0.4 is 0 Å². The van der Waals surface area contributed by atoms with Gasteiger partial charge in [0.25, 0.3) is 5.89 Å². The van der Waals surface area contributed by atoms with Crippen molar-refractivity contribution in [3.63, 3.8) is 0 Å². The molecule has 3 aromatic heterocycles. The molecule has 0 amide bonds. The van der Waals surface area contributed by atoms with Crippen LogP contribution in [0.5, 0.6) is 0 Å². The Balaban J connectivity index is 1.68. The van der Waals surface area contributed by atoms with Crippen molar-refractivity contribution in [3.05, 3.63) is 64.4 Å². The smallest absolute Gasteiger partial charge is 0.417 e. The number of nitrogens with zero attached hydrogens (tertiary/aromatic N) is 4. The van der Waals surface area contributed by atoms with Gasteiger partial charge in [0.1, 0.15) is 5.69 Å². The Bertz CT molecular complexity index is 1340. The van der Waals surface area contributed by atoms with Crippen LogP contribution in [0.3, 0.4) is 0 Å². The molecular formula is C20H12ClF3N4O3. The van der Waals surface area contributed by atoms with Gasteiger partial charge in [0.05, 0.1) is 10.6 Å². The lowest BCUT2D eigenvalue weighted by atomic mass is 10.0. The average molecular weight is 449 g/mol. The normalized spacial score (nSPS) is 12.2. The number of rotatable bonds is 4. The summed E-state index contributed by atoms with van der Waals surface area (Å²) in [6.45, 7) is 1.80. The number of carboxylic acid groups (broad SMARTS) is 1. The van der Waals surface area contributed by atoms with Crippen LogP contribution in [-0.4, -0.2) is 30.6 Å². The lowest BCUT2D eigenvalue weighted by Crippen LogP contribution is -2.06. The molecule has 7 nitrogen and oxygen atoms in total. The van der Waals surface area contributed by atoms with E-state index in [1.807, 2.05) is 0 Å². The summed E-state index contributed by atoms with van der Waals surface area (Å²) in [4.78, 5) is 19.1. The Kier molecular flexibility index (Phi) is 5.02. The van der Waals surface area contributed by atoms with Crippen LogP contribution in [0.2, 0.25) is 5.02 Å². The maximum absolute atomic E-state index is 13.0. The highest BCUT2D eigenvalue weighted by Gasteiger charge is 2.32. The van der Waals surface area contributed by atoms with Crippen LogP contribution in [-0.2, 0) is 11.0 Å². The molecular weight excluding hydrogens is 437 g/mol. The van der Waals surface area contributed by atoms with E-state index in [0.29, 0.717) is 11.1 Å². The molecule has 0 aliphatic carbocycles. The number of carbonyl (C=O) groups is 1. The van der Waals surface area contributed by atoms with E-state index in [0.717, 1.165) is 28.3 Å². The maximum Gasteiger partial charge on any atom is 0.417 e. The van der Waals surface area contributed by atoms with Crippen molar-refractivity contribution < 1.29 is 27.6 Å². The molecule has 11 heteroatoms. The number of halogens is 4. The number of alkyl halides is 3. The first-order valence-electron chi connectivity index (χ1n) is 8.73. The minimum atomic E-state index is -4.55. The molecule has 0 aliphatic rings. The molecule has 0 bridgehead atoms. The van der Waals surface area contributed by atoms with Crippen LogP contribution >= 0.6 is 11.6 Å². The number of aryl methyl sites for hydroxylation is 1. The van der Waals surface area contributed by atoms with E-state index in [2.05, 4.69) is 15.1 Å². The number of aromatic nitrogens is 4. The fourth-order valence-electron chi connectivity index (χ4n) is 2.96. The first-order valence-corrected chi connectivity index (χ1v) is 9.11. The van der Waals surface area contributed by atoms with Gasteiger partial charge in [-0.05, 0) is 30.2 Å². The second-order valence-electron chi connectivity index (χ2n) is 6.60. The van der Waals surface area contributed by atoms with E-state index in [1.54, 1.807) is 25.1 Å². The Morgan fingerprint density at radius 2 is 2.00 bits per heavy atom. The number of benzene rings is 1. The predicted molar refractivity (Wildman–Crippen MR) is 105 cm³/mol. The Morgan fingerprint density at radius 1 is 1.23 bits per heavy atom.